The van der Waals surface area contributed by atoms with Crippen molar-refractivity contribution in [2.75, 3.05) is 6.54 Å². The number of hydrogen-bond donors (Lipinski definition) is 0. The van der Waals surface area contributed by atoms with Gasteiger partial charge in [0.15, 0.2) is 0 Å². The Morgan fingerprint density at radius 1 is 1.35 bits per heavy atom. The first-order chi connectivity index (χ1) is 9.65. The van der Waals surface area contributed by atoms with Crippen LogP contribution in [0.15, 0.2) is 16.5 Å². The minimum atomic E-state index is 0.287. The second kappa shape index (κ2) is 5.63. The van der Waals surface area contributed by atoms with Gasteiger partial charge in [0.1, 0.15) is 11.5 Å². The molecule has 2 aliphatic rings. The third kappa shape index (κ3) is 2.92. The molecule has 110 valence electrons. The number of hydrogen-bond acceptors (Lipinski definition) is 2. The summed E-state index contributed by atoms with van der Waals surface area (Å²) in [5, 5.41) is 0. The van der Waals surface area contributed by atoms with E-state index in [-0.39, 0.29) is 5.91 Å². The van der Waals surface area contributed by atoms with Gasteiger partial charge in [-0.1, -0.05) is 6.92 Å². The summed E-state index contributed by atoms with van der Waals surface area (Å²) in [6.45, 7) is 5.35. The van der Waals surface area contributed by atoms with E-state index in [1.165, 1.54) is 12.8 Å². The Kier molecular flexibility index (Phi) is 3.86. The van der Waals surface area contributed by atoms with Crippen LogP contribution >= 0.6 is 0 Å². The molecule has 0 unspecified atom stereocenters. The van der Waals surface area contributed by atoms with Crippen LogP contribution in [0.5, 0.6) is 0 Å². The molecule has 20 heavy (non-hydrogen) atoms. The van der Waals surface area contributed by atoms with Crippen LogP contribution in [-0.2, 0) is 11.2 Å². The molecule has 3 nitrogen and oxygen atoms in total. The van der Waals surface area contributed by atoms with Gasteiger partial charge in [-0.3, -0.25) is 4.79 Å². The molecular weight excluding hydrogens is 250 g/mol. The summed E-state index contributed by atoms with van der Waals surface area (Å²) in [5.41, 5.74) is 0. The van der Waals surface area contributed by atoms with Crippen molar-refractivity contribution >= 4 is 5.91 Å². The third-order valence-corrected chi connectivity index (χ3v) is 4.87. The smallest absolute Gasteiger partial charge is 0.223 e. The van der Waals surface area contributed by atoms with Gasteiger partial charge in [0.05, 0.1) is 0 Å². The van der Waals surface area contributed by atoms with E-state index in [0.717, 1.165) is 43.2 Å². The first-order valence-corrected chi connectivity index (χ1v) is 8.03. The summed E-state index contributed by atoms with van der Waals surface area (Å²) in [6, 6.07) is 4.56. The zero-order valence-electron chi connectivity index (χ0n) is 12.6. The van der Waals surface area contributed by atoms with E-state index in [4.69, 9.17) is 4.42 Å². The molecule has 3 atom stereocenters. The fourth-order valence-corrected chi connectivity index (χ4v) is 3.29. The van der Waals surface area contributed by atoms with Gasteiger partial charge < -0.3 is 9.32 Å². The Hall–Kier alpha value is -1.25. The summed E-state index contributed by atoms with van der Waals surface area (Å²) in [4.78, 5) is 14.3. The average Bonchev–Trinajstić information content (AvgIpc) is 3.00. The lowest BCUT2D eigenvalue weighted by Gasteiger charge is -2.33. The number of aryl methyl sites for hydroxylation is 1. The Bertz CT molecular complexity index is 479. The molecule has 1 aliphatic heterocycles. The second-order valence-electron chi connectivity index (χ2n) is 6.56. The zero-order chi connectivity index (χ0) is 14.1. The molecule has 1 saturated carbocycles. The second-order valence-corrected chi connectivity index (χ2v) is 6.56. The highest BCUT2D eigenvalue weighted by molar-refractivity contribution is 5.76. The van der Waals surface area contributed by atoms with E-state index < -0.39 is 0 Å². The van der Waals surface area contributed by atoms with Crippen LogP contribution in [0.2, 0.25) is 0 Å². The Balaban J connectivity index is 1.51. The van der Waals surface area contributed by atoms with E-state index in [2.05, 4.69) is 24.8 Å². The monoisotopic (exact) mass is 275 g/mol. The van der Waals surface area contributed by atoms with Crippen LogP contribution in [0.1, 0.15) is 63.4 Å². The molecule has 0 bridgehead atoms. The average molecular weight is 275 g/mol. The van der Waals surface area contributed by atoms with Crippen molar-refractivity contribution in [2.24, 2.45) is 5.92 Å². The van der Waals surface area contributed by atoms with Crippen molar-refractivity contribution in [2.45, 2.75) is 64.3 Å². The molecule has 0 N–H and O–H groups in total. The van der Waals surface area contributed by atoms with E-state index in [9.17, 15) is 4.79 Å². The molecule has 3 rings (SSSR count). The van der Waals surface area contributed by atoms with Gasteiger partial charge in [0.25, 0.3) is 0 Å². The van der Waals surface area contributed by atoms with E-state index in [0.29, 0.717) is 18.4 Å². The minimum Gasteiger partial charge on any atom is -0.466 e. The maximum atomic E-state index is 12.3. The molecule has 3 heteroatoms. The first kappa shape index (κ1) is 13.7. The van der Waals surface area contributed by atoms with Gasteiger partial charge in [0.2, 0.25) is 5.91 Å². The molecule has 1 saturated heterocycles. The first-order valence-electron chi connectivity index (χ1n) is 8.03. The summed E-state index contributed by atoms with van der Waals surface area (Å²) in [6.07, 6.45) is 6.13. The molecule has 1 aromatic rings. The predicted octanol–water partition coefficient (Wildman–Crippen LogP) is 3.74. The zero-order valence-corrected chi connectivity index (χ0v) is 12.6. The molecule has 0 spiro atoms. The highest BCUT2D eigenvalue weighted by Crippen LogP contribution is 2.47. The highest BCUT2D eigenvalue weighted by atomic mass is 16.3. The number of rotatable bonds is 4. The Labute approximate surface area is 121 Å². The maximum absolute atomic E-state index is 12.3. The fourth-order valence-electron chi connectivity index (χ4n) is 3.29. The largest absolute Gasteiger partial charge is 0.466 e. The lowest BCUT2D eigenvalue weighted by Crippen LogP contribution is -2.42. The predicted molar refractivity (Wildman–Crippen MR) is 78.6 cm³/mol. The fraction of sp³-hybridized carbons (Fsp3) is 0.706. The number of furan rings is 1. The van der Waals surface area contributed by atoms with E-state index in [1.54, 1.807) is 0 Å². The number of likely N-dealkylation sites (tertiary alicyclic amines) is 1. The standard InChI is InChI=1S/C17H25NO2/c1-12-11-15(12)16-8-6-14(20-16)7-9-17(19)18-10-4-3-5-13(18)2/h6,8,12-13,15H,3-5,7,9-11H2,1-2H3/t12-,13+,15-/m1/s1. The summed E-state index contributed by atoms with van der Waals surface area (Å²) >= 11 is 0. The van der Waals surface area contributed by atoms with Crippen LogP contribution in [0.25, 0.3) is 0 Å². The van der Waals surface area contributed by atoms with Gasteiger partial charge in [-0.05, 0) is 50.7 Å². The van der Waals surface area contributed by atoms with Gasteiger partial charge in [-0.2, -0.15) is 0 Å². The lowest BCUT2D eigenvalue weighted by molar-refractivity contribution is -0.134. The molecule has 0 radical (unpaired) electrons. The van der Waals surface area contributed by atoms with Crippen LogP contribution in [0.3, 0.4) is 0 Å². The van der Waals surface area contributed by atoms with Crippen LogP contribution < -0.4 is 0 Å². The summed E-state index contributed by atoms with van der Waals surface area (Å²) < 4.78 is 5.87. The quantitative estimate of drug-likeness (QED) is 0.838. The normalized spacial score (nSPS) is 29.5. The topological polar surface area (TPSA) is 33.5 Å². The molecular formula is C17H25NO2. The highest BCUT2D eigenvalue weighted by Gasteiger charge is 2.36. The third-order valence-electron chi connectivity index (χ3n) is 4.87. The minimum absolute atomic E-state index is 0.287. The number of piperidine rings is 1. The van der Waals surface area contributed by atoms with Crippen molar-refractivity contribution < 1.29 is 9.21 Å². The SMILES string of the molecule is C[C@@H]1C[C@H]1c1ccc(CCC(=O)N2CCCC[C@@H]2C)o1. The number of amides is 1. The van der Waals surface area contributed by atoms with Crippen molar-refractivity contribution in [1.82, 2.24) is 4.90 Å². The Morgan fingerprint density at radius 3 is 2.85 bits per heavy atom. The van der Waals surface area contributed by atoms with Gasteiger partial charge in [-0.15, -0.1) is 0 Å². The van der Waals surface area contributed by atoms with E-state index >= 15 is 0 Å². The van der Waals surface area contributed by atoms with Gasteiger partial charge in [-0.25, -0.2) is 0 Å². The van der Waals surface area contributed by atoms with Crippen molar-refractivity contribution in [1.29, 1.82) is 0 Å². The number of nitrogens with zero attached hydrogens (tertiary/aromatic N) is 1. The lowest BCUT2D eigenvalue weighted by atomic mass is 10.0. The summed E-state index contributed by atoms with van der Waals surface area (Å²) in [5.74, 6) is 3.77. The van der Waals surface area contributed by atoms with Gasteiger partial charge >= 0.3 is 0 Å². The molecule has 1 aliphatic carbocycles. The maximum Gasteiger partial charge on any atom is 0.223 e. The van der Waals surface area contributed by atoms with Crippen LogP contribution in [-0.4, -0.2) is 23.4 Å². The van der Waals surface area contributed by atoms with Crippen molar-refractivity contribution in [3.63, 3.8) is 0 Å². The molecule has 0 aromatic carbocycles. The Morgan fingerprint density at radius 2 is 2.15 bits per heavy atom. The molecule has 2 heterocycles. The van der Waals surface area contributed by atoms with Crippen LogP contribution in [0.4, 0.5) is 0 Å². The van der Waals surface area contributed by atoms with Crippen molar-refractivity contribution in [3.05, 3.63) is 23.7 Å². The molecule has 2 fully saturated rings. The van der Waals surface area contributed by atoms with Gasteiger partial charge in [0, 0.05) is 31.3 Å². The summed E-state index contributed by atoms with van der Waals surface area (Å²) in [7, 11) is 0. The number of carbonyl (C=O) groups excluding carboxylic acids is 1. The number of carbonyl (C=O) groups is 1. The van der Waals surface area contributed by atoms with E-state index in [1.807, 2.05) is 6.07 Å². The molecule has 1 aromatic heterocycles. The van der Waals surface area contributed by atoms with Crippen molar-refractivity contribution in [3.8, 4) is 0 Å². The van der Waals surface area contributed by atoms with Crippen LogP contribution in [0, 0.1) is 5.92 Å². The molecule has 1 amide bonds.